The summed E-state index contributed by atoms with van der Waals surface area (Å²) in [6.45, 7) is 2.56. The maximum atomic E-state index is 12.9. The topological polar surface area (TPSA) is 63.5 Å². The van der Waals surface area contributed by atoms with Crippen LogP contribution in [0.25, 0.3) is 0 Å². The molecule has 0 radical (unpaired) electrons. The summed E-state index contributed by atoms with van der Waals surface area (Å²) in [5.74, 6) is -0.363. The lowest BCUT2D eigenvalue weighted by molar-refractivity contribution is -0.385. The monoisotopic (exact) mass is 330 g/mol. The van der Waals surface area contributed by atoms with E-state index in [0.717, 1.165) is 29.7 Å². The van der Waals surface area contributed by atoms with Crippen molar-refractivity contribution in [2.75, 3.05) is 11.4 Å². The number of hydrogen-bond donors (Lipinski definition) is 0. The molecular weight excluding hydrogens is 316 g/mol. The molecule has 3 rings (SSSR count). The Hall–Kier alpha value is -2.40. The molecule has 0 fully saturated rings. The van der Waals surface area contributed by atoms with Gasteiger partial charge in [0.05, 0.1) is 4.92 Å². The van der Waals surface area contributed by atoms with Crippen LogP contribution in [-0.2, 0) is 6.42 Å². The van der Waals surface area contributed by atoms with Gasteiger partial charge in [0, 0.05) is 23.3 Å². The van der Waals surface area contributed by atoms with Crippen LogP contribution in [0.5, 0.6) is 0 Å². The Labute approximate surface area is 138 Å². The minimum atomic E-state index is -0.570. The first-order valence-electron chi connectivity index (χ1n) is 7.32. The number of fused-ring (bicyclic) bond motifs is 1. The zero-order valence-corrected chi connectivity index (χ0v) is 13.3. The van der Waals surface area contributed by atoms with Crippen LogP contribution < -0.4 is 4.90 Å². The lowest BCUT2D eigenvalue weighted by atomic mass is 9.98. The third-order valence-corrected chi connectivity index (χ3v) is 4.22. The van der Waals surface area contributed by atoms with Crippen molar-refractivity contribution in [2.45, 2.75) is 19.8 Å². The molecule has 2 aromatic rings. The summed E-state index contributed by atoms with van der Waals surface area (Å²) >= 11 is 5.82. The highest BCUT2D eigenvalue weighted by Gasteiger charge is 2.28. The number of amides is 1. The molecule has 0 spiro atoms. The number of anilines is 1. The van der Waals surface area contributed by atoms with Crippen LogP contribution in [0.4, 0.5) is 11.4 Å². The van der Waals surface area contributed by atoms with Crippen molar-refractivity contribution in [2.24, 2.45) is 0 Å². The second-order valence-corrected chi connectivity index (χ2v) is 6.05. The Kier molecular flexibility index (Phi) is 4.05. The molecule has 0 N–H and O–H groups in total. The first kappa shape index (κ1) is 15.5. The van der Waals surface area contributed by atoms with Crippen LogP contribution in [0.15, 0.2) is 36.4 Å². The predicted octanol–water partition coefficient (Wildman–Crippen LogP) is 4.15. The van der Waals surface area contributed by atoms with E-state index in [4.69, 9.17) is 11.6 Å². The normalized spacial score (nSPS) is 13.6. The number of benzene rings is 2. The highest BCUT2D eigenvalue weighted by Crippen LogP contribution is 2.31. The Morgan fingerprint density at radius 2 is 2.04 bits per heavy atom. The average Bonchev–Trinajstić information content (AvgIpc) is 2.53. The maximum absolute atomic E-state index is 12.9. The zero-order valence-electron chi connectivity index (χ0n) is 12.6. The first-order chi connectivity index (χ1) is 11.0. The van der Waals surface area contributed by atoms with Crippen LogP contribution in [0, 0.1) is 17.0 Å². The van der Waals surface area contributed by atoms with E-state index in [9.17, 15) is 14.9 Å². The van der Waals surface area contributed by atoms with Crippen molar-refractivity contribution in [3.05, 3.63) is 68.2 Å². The third-order valence-electron chi connectivity index (χ3n) is 3.99. The Balaban J connectivity index is 2.05. The van der Waals surface area contributed by atoms with Crippen molar-refractivity contribution >= 4 is 28.9 Å². The van der Waals surface area contributed by atoms with E-state index in [2.05, 4.69) is 6.07 Å². The number of halogens is 1. The van der Waals surface area contributed by atoms with Gasteiger partial charge in [0.1, 0.15) is 5.56 Å². The molecule has 6 heteroatoms. The second-order valence-electron chi connectivity index (χ2n) is 5.61. The van der Waals surface area contributed by atoms with Gasteiger partial charge in [0.25, 0.3) is 11.6 Å². The van der Waals surface area contributed by atoms with Gasteiger partial charge in [-0.3, -0.25) is 14.9 Å². The van der Waals surface area contributed by atoms with Gasteiger partial charge in [-0.25, -0.2) is 0 Å². The average molecular weight is 331 g/mol. The van der Waals surface area contributed by atoms with Crippen LogP contribution >= 0.6 is 11.6 Å². The molecule has 0 saturated heterocycles. The van der Waals surface area contributed by atoms with Gasteiger partial charge in [-0.2, -0.15) is 0 Å². The lowest BCUT2D eigenvalue weighted by Gasteiger charge is -2.29. The van der Waals surface area contributed by atoms with Gasteiger partial charge in [-0.05, 0) is 43.5 Å². The van der Waals surface area contributed by atoms with Crippen molar-refractivity contribution in [1.29, 1.82) is 0 Å². The van der Waals surface area contributed by atoms with E-state index in [-0.39, 0.29) is 22.2 Å². The fraction of sp³-hybridized carbons (Fsp3) is 0.235. The minimum absolute atomic E-state index is 0.0628. The Morgan fingerprint density at radius 3 is 2.78 bits per heavy atom. The van der Waals surface area contributed by atoms with Crippen molar-refractivity contribution in [3.8, 4) is 0 Å². The quantitative estimate of drug-likeness (QED) is 0.613. The molecule has 0 aromatic heterocycles. The Bertz CT molecular complexity index is 804. The van der Waals surface area contributed by atoms with Gasteiger partial charge in [-0.1, -0.05) is 29.3 Å². The summed E-state index contributed by atoms with van der Waals surface area (Å²) in [7, 11) is 0. The molecule has 1 amide bonds. The first-order valence-corrected chi connectivity index (χ1v) is 7.70. The highest BCUT2D eigenvalue weighted by molar-refractivity contribution is 6.31. The number of nitro groups is 1. The van der Waals surface area contributed by atoms with E-state index in [1.807, 2.05) is 19.1 Å². The van der Waals surface area contributed by atoms with Crippen molar-refractivity contribution in [1.82, 2.24) is 0 Å². The predicted molar refractivity (Wildman–Crippen MR) is 89.3 cm³/mol. The summed E-state index contributed by atoms with van der Waals surface area (Å²) in [6, 6.07) is 10.1. The molecule has 118 valence electrons. The van der Waals surface area contributed by atoms with E-state index < -0.39 is 4.92 Å². The number of nitro benzene ring substituents is 1. The van der Waals surface area contributed by atoms with Crippen LogP contribution in [-0.4, -0.2) is 17.4 Å². The number of hydrogen-bond acceptors (Lipinski definition) is 3. The van der Waals surface area contributed by atoms with E-state index in [0.29, 0.717) is 6.54 Å². The number of rotatable bonds is 2. The highest BCUT2D eigenvalue weighted by atomic mass is 35.5. The number of carbonyl (C=O) groups excluding carboxylic acids is 1. The SMILES string of the molecule is Cc1ccc2c(c1)CCCN2C(=O)c1ccc(Cl)cc1[N+](=O)[O-]. The number of carbonyl (C=O) groups is 1. The van der Waals surface area contributed by atoms with Gasteiger partial charge < -0.3 is 4.90 Å². The molecule has 1 aliphatic heterocycles. The minimum Gasteiger partial charge on any atom is -0.308 e. The van der Waals surface area contributed by atoms with Crippen molar-refractivity contribution < 1.29 is 9.72 Å². The summed E-state index contributed by atoms with van der Waals surface area (Å²) < 4.78 is 0. The smallest absolute Gasteiger partial charge is 0.283 e. The standard InChI is InChI=1S/C17H15ClN2O3/c1-11-4-7-15-12(9-11)3-2-8-19(15)17(21)14-6-5-13(18)10-16(14)20(22)23/h4-7,9-10H,2-3,8H2,1H3. The van der Waals surface area contributed by atoms with Gasteiger partial charge in [0.15, 0.2) is 0 Å². The van der Waals surface area contributed by atoms with Gasteiger partial charge >= 0.3 is 0 Å². The summed E-state index contributed by atoms with van der Waals surface area (Å²) in [4.78, 5) is 25.1. The summed E-state index contributed by atoms with van der Waals surface area (Å²) in [5.41, 5.74) is 2.86. The molecule has 0 atom stereocenters. The molecule has 0 saturated carbocycles. The molecule has 1 heterocycles. The molecular formula is C17H15ClN2O3. The molecule has 0 bridgehead atoms. The van der Waals surface area contributed by atoms with Gasteiger partial charge in [-0.15, -0.1) is 0 Å². The maximum Gasteiger partial charge on any atom is 0.283 e. The van der Waals surface area contributed by atoms with E-state index in [1.165, 1.54) is 18.2 Å². The van der Waals surface area contributed by atoms with Gasteiger partial charge in [0.2, 0.25) is 0 Å². The van der Waals surface area contributed by atoms with Crippen LogP contribution in [0.3, 0.4) is 0 Å². The number of aryl methyl sites for hydroxylation is 2. The summed E-state index contributed by atoms with van der Waals surface area (Å²) in [5, 5.41) is 11.5. The molecule has 0 unspecified atom stereocenters. The third kappa shape index (κ3) is 2.92. The van der Waals surface area contributed by atoms with Crippen LogP contribution in [0.1, 0.15) is 27.9 Å². The fourth-order valence-corrected chi connectivity index (χ4v) is 3.09. The van der Waals surface area contributed by atoms with Crippen molar-refractivity contribution in [3.63, 3.8) is 0 Å². The molecule has 0 aliphatic carbocycles. The second kappa shape index (κ2) is 6.01. The molecule has 23 heavy (non-hydrogen) atoms. The molecule has 5 nitrogen and oxygen atoms in total. The lowest BCUT2D eigenvalue weighted by Crippen LogP contribution is -2.35. The number of nitrogens with zero attached hydrogens (tertiary/aromatic N) is 2. The fourth-order valence-electron chi connectivity index (χ4n) is 2.92. The molecule has 2 aromatic carbocycles. The van der Waals surface area contributed by atoms with Crippen LogP contribution in [0.2, 0.25) is 5.02 Å². The zero-order chi connectivity index (χ0) is 16.6. The summed E-state index contributed by atoms with van der Waals surface area (Å²) in [6.07, 6.45) is 1.74. The Morgan fingerprint density at radius 1 is 1.26 bits per heavy atom. The van der Waals surface area contributed by atoms with E-state index in [1.54, 1.807) is 4.90 Å². The van der Waals surface area contributed by atoms with E-state index >= 15 is 0 Å². The molecule has 1 aliphatic rings. The largest absolute Gasteiger partial charge is 0.308 e.